The zero-order chi connectivity index (χ0) is 16.6. The molecule has 4 rings (SSSR count). The highest BCUT2D eigenvalue weighted by Crippen LogP contribution is 2.49. The van der Waals surface area contributed by atoms with E-state index in [1.807, 2.05) is 34.9 Å². The monoisotopic (exact) mass is 326 g/mol. The van der Waals surface area contributed by atoms with Crippen LogP contribution in [0.5, 0.6) is 0 Å². The summed E-state index contributed by atoms with van der Waals surface area (Å²) in [5, 5.41) is 0. The first-order valence-electron chi connectivity index (χ1n) is 8.55. The molecule has 0 N–H and O–H groups in total. The van der Waals surface area contributed by atoms with Gasteiger partial charge in [-0.1, -0.05) is 36.8 Å². The van der Waals surface area contributed by atoms with Crippen molar-refractivity contribution in [3.8, 4) is 0 Å². The van der Waals surface area contributed by atoms with E-state index in [1.165, 1.54) is 6.42 Å². The Balaban J connectivity index is 1.46. The fraction of sp³-hybridized carbons (Fsp3) is 0.474. The lowest BCUT2D eigenvalue weighted by Crippen LogP contribution is -2.40. The summed E-state index contributed by atoms with van der Waals surface area (Å²) in [6, 6.07) is 10.1. The second-order valence-corrected chi connectivity index (χ2v) is 6.89. The van der Waals surface area contributed by atoms with Gasteiger partial charge in [-0.3, -0.25) is 0 Å². The summed E-state index contributed by atoms with van der Waals surface area (Å²) in [4.78, 5) is 16.7. The van der Waals surface area contributed by atoms with Gasteiger partial charge in [-0.2, -0.15) is 0 Å². The molecule has 5 heteroatoms. The van der Waals surface area contributed by atoms with Crippen LogP contribution in [0.15, 0.2) is 42.9 Å². The molecule has 5 nitrogen and oxygen atoms in total. The molecule has 0 amide bonds. The van der Waals surface area contributed by atoms with Crippen molar-refractivity contribution in [2.75, 3.05) is 13.2 Å². The normalized spacial score (nSPS) is 22.5. The van der Waals surface area contributed by atoms with Crippen LogP contribution in [0.25, 0.3) is 0 Å². The predicted octanol–water partition coefficient (Wildman–Crippen LogP) is 3.22. The van der Waals surface area contributed by atoms with Gasteiger partial charge < -0.3 is 14.0 Å². The van der Waals surface area contributed by atoms with E-state index in [9.17, 15) is 4.79 Å². The molecular formula is C19H22N2O3. The number of aromatic nitrogens is 2. The SMILES string of the molecule is C[C@H](c1ccccc1)n1cncc1C(=O)OCC1(C2CO2)CCC1. The van der Waals surface area contributed by atoms with E-state index in [1.54, 1.807) is 12.5 Å². The number of nitrogens with zero attached hydrogens (tertiary/aromatic N) is 2. The lowest BCUT2D eigenvalue weighted by atomic mass is 9.67. The van der Waals surface area contributed by atoms with E-state index in [-0.39, 0.29) is 23.5 Å². The number of benzene rings is 1. The van der Waals surface area contributed by atoms with Gasteiger partial charge in [-0.15, -0.1) is 0 Å². The summed E-state index contributed by atoms with van der Waals surface area (Å²) in [7, 11) is 0. The molecule has 1 saturated carbocycles. The van der Waals surface area contributed by atoms with Crippen molar-refractivity contribution in [2.24, 2.45) is 5.41 Å². The molecule has 1 aliphatic carbocycles. The minimum absolute atomic E-state index is 0.0284. The number of rotatable bonds is 6. The molecule has 2 aromatic rings. The van der Waals surface area contributed by atoms with Gasteiger partial charge in [0.15, 0.2) is 0 Å². The van der Waals surface area contributed by atoms with E-state index >= 15 is 0 Å². The van der Waals surface area contributed by atoms with E-state index in [4.69, 9.17) is 9.47 Å². The molecule has 0 radical (unpaired) electrons. The molecule has 2 aliphatic rings. The number of esters is 1. The predicted molar refractivity (Wildman–Crippen MR) is 88.8 cm³/mol. The lowest BCUT2D eigenvalue weighted by molar-refractivity contribution is -0.0129. The van der Waals surface area contributed by atoms with Crippen LogP contribution < -0.4 is 0 Å². The highest BCUT2D eigenvalue weighted by atomic mass is 16.6. The molecule has 1 aromatic carbocycles. The van der Waals surface area contributed by atoms with Crippen LogP contribution in [0.4, 0.5) is 0 Å². The molecule has 1 saturated heterocycles. The molecule has 126 valence electrons. The summed E-state index contributed by atoms with van der Waals surface area (Å²) in [6.45, 7) is 3.31. The van der Waals surface area contributed by atoms with Crippen LogP contribution in [0, 0.1) is 5.41 Å². The zero-order valence-corrected chi connectivity index (χ0v) is 13.9. The summed E-state index contributed by atoms with van der Waals surface area (Å²) < 4.78 is 13.0. The van der Waals surface area contributed by atoms with Gasteiger partial charge in [0, 0.05) is 5.41 Å². The summed E-state index contributed by atoms with van der Waals surface area (Å²) in [5.74, 6) is -0.304. The quantitative estimate of drug-likeness (QED) is 0.604. The summed E-state index contributed by atoms with van der Waals surface area (Å²) in [5.41, 5.74) is 1.69. The first kappa shape index (κ1) is 15.4. The Morgan fingerprint density at radius 3 is 2.79 bits per heavy atom. The van der Waals surface area contributed by atoms with Crippen molar-refractivity contribution < 1.29 is 14.3 Å². The first-order valence-corrected chi connectivity index (χ1v) is 8.55. The van der Waals surface area contributed by atoms with Gasteiger partial charge in [-0.05, 0) is 25.3 Å². The van der Waals surface area contributed by atoms with Crippen LogP contribution in [-0.2, 0) is 9.47 Å². The topological polar surface area (TPSA) is 56.7 Å². The van der Waals surface area contributed by atoms with Gasteiger partial charge in [-0.25, -0.2) is 9.78 Å². The second-order valence-electron chi connectivity index (χ2n) is 6.89. The highest BCUT2D eigenvalue weighted by Gasteiger charge is 2.51. The summed E-state index contributed by atoms with van der Waals surface area (Å²) in [6.07, 6.45) is 6.93. The molecule has 2 heterocycles. The Kier molecular flexibility index (Phi) is 3.88. The molecule has 1 aromatic heterocycles. The number of carbonyl (C=O) groups excluding carboxylic acids is 1. The van der Waals surface area contributed by atoms with E-state index in [0.29, 0.717) is 12.3 Å². The van der Waals surface area contributed by atoms with E-state index < -0.39 is 0 Å². The maximum atomic E-state index is 12.6. The van der Waals surface area contributed by atoms with Gasteiger partial charge in [0.1, 0.15) is 5.69 Å². The molecule has 1 unspecified atom stereocenters. The van der Waals surface area contributed by atoms with Crippen molar-refractivity contribution in [1.82, 2.24) is 9.55 Å². The average molecular weight is 326 g/mol. The minimum Gasteiger partial charge on any atom is -0.460 e. The van der Waals surface area contributed by atoms with Gasteiger partial charge >= 0.3 is 5.97 Å². The fourth-order valence-electron chi connectivity index (χ4n) is 3.54. The van der Waals surface area contributed by atoms with Crippen LogP contribution in [0.3, 0.4) is 0 Å². The van der Waals surface area contributed by atoms with Gasteiger partial charge in [0.05, 0.1) is 37.9 Å². The van der Waals surface area contributed by atoms with Crippen LogP contribution in [0.1, 0.15) is 48.3 Å². The smallest absolute Gasteiger partial charge is 0.356 e. The minimum atomic E-state index is -0.304. The van der Waals surface area contributed by atoms with Crippen molar-refractivity contribution >= 4 is 5.97 Å². The Labute approximate surface area is 141 Å². The molecule has 2 fully saturated rings. The van der Waals surface area contributed by atoms with Crippen molar-refractivity contribution in [3.63, 3.8) is 0 Å². The summed E-state index contributed by atoms with van der Waals surface area (Å²) >= 11 is 0. The second kappa shape index (κ2) is 6.06. The van der Waals surface area contributed by atoms with E-state index in [0.717, 1.165) is 25.0 Å². The maximum Gasteiger partial charge on any atom is 0.356 e. The average Bonchev–Trinajstić information content (AvgIpc) is 3.30. The number of hydrogen-bond acceptors (Lipinski definition) is 4. The Hall–Kier alpha value is -2.14. The van der Waals surface area contributed by atoms with Crippen LogP contribution >= 0.6 is 0 Å². The van der Waals surface area contributed by atoms with Crippen molar-refractivity contribution in [2.45, 2.75) is 38.3 Å². The Morgan fingerprint density at radius 1 is 1.42 bits per heavy atom. The number of carbonyl (C=O) groups is 1. The molecule has 2 atom stereocenters. The molecule has 0 spiro atoms. The first-order chi connectivity index (χ1) is 11.7. The van der Waals surface area contributed by atoms with Gasteiger partial charge in [0.25, 0.3) is 0 Å². The van der Waals surface area contributed by atoms with Crippen molar-refractivity contribution in [3.05, 3.63) is 54.1 Å². The third-order valence-corrected chi connectivity index (χ3v) is 5.43. The molecular weight excluding hydrogens is 304 g/mol. The Morgan fingerprint density at radius 2 is 2.17 bits per heavy atom. The number of hydrogen-bond donors (Lipinski definition) is 0. The third-order valence-electron chi connectivity index (χ3n) is 5.43. The third kappa shape index (κ3) is 2.73. The molecule has 24 heavy (non-hydrogen) atoms. The lowest BCUT2D eigenvalue weighted by Gasteiger charge is -2.39. The maximum absolute atomic E-state index is 12.6. The number of epoxide rings is 1. The molecule has 1 aliphatic heterocycles. The Bertz CT molecular complexity index is 717. The van der Waals surface area contributed by atoms with Crippen LogP contribution in [-0.4, -0.2) is 34.8 Å². The standard InChI is InChI=1S/C19H22N2O3/c1-14(15-6-3-2-4-7-15)21-13-20-10-16(21)18(22)24-12-19(8-5-9-19)17-11-23-17/h2-4,6-7,10,13-14,17H,5,8-9,11-12H2,1H3/t14-,17?/m1/s1. The van der Waals surface area contributed by atoms with E-state index in [2.05, 4.69) is 11.9 Å². The zero-order valence-electron chi connectivity index (χ0n) is 13.9. The van der Waals surface area contributed by atoms with Crippen LogP contribution in [0.2, 0.25) is 0 Å². The largest absolute Gasteiger partial charge is 0.460 e. The number of imidazole rings is 1. The van der Waals surface area contributed by atoms with Crippen molar-refractivity contribution in [1.29, 1.82) is 0 Å². The fourth-order valence-corrected chi connectivity index (χ4v) is 3.54. The molecule has 0 bridgehead atoms. The number of ether oxygens (including phenoxy) is 2. The van der Waals surface area contributed by atoms with Gasteiger partial charge in [0.2, 0.25) is 0 Å². The highest BCUT2D eigenvalue weighted by molar-refractivity contribution is 5.87.